The standard InChI is InChI=1S/C16H28N2/c1-11-8-13(17)14(9-12(11)2)18-10-16(6,7)15(3,4)5/h8-9,18H,10,17H2,1-7H3. The molecule has 1 aromatic rings. The molecule has 0 fully saturated rings. The molecule has 0 saturated carbocycles. The van der Waals surface area contributed by atoms with Gasteiger partial charge in [-0.3, -0.25) is 0 Å². The van der Waals surface area contributed by atoms with Crippen LogP contribution in [0.25, 0.3) is 0 Å². The van der Waals surface area contributed by atoms with E-state index >= 15 is 0 Å². The van der Waals surface area contributed by atoms with Crippen LogP contribution >= 0.6 is 0 Å². The number of hydrogen-bond donors (Lipinski definition) is 2. The van der Waals surface area contributed by atoms with E-state index in [1.54, 1.807) is 0 Å². The highest BCUT2D eigenvalue weighted by Crippen LogP contribution is 2.38. The van der Waals surface area contributed by atoms with Gasteiger partial charge in [-0.2, -0.15) is 0 Å². The van der Waals surface area contributed by atoms with Crippen LogP contribution < -0.4 is 11.1 Å². The van der Waals surface area contributed by atoms with E-state index in [0.29, 0.717) is 0 Å². The van der Waals surface area contributed by atoms with Gasteiger partial charge in [-0.15, -0.1) is 0 Å². The second kappa shape index (κ2) is 4.83. The molecule has 1 aromatic carbocycles. The highest BCUT2D eigenvalue weighted by Gasteiger charge is 2.32. The summed E-state index contributed by atoms with van der Waals surface area (Å²) in [5.41, 5.74) is 10.9. The van der Waals surface area contributed by atoms with E-state index in [-0.39, 0.29) is 10.8 Å². The van der Waals surface area contributed by atoms with Crippen LogP contribution in [0.4, 0.5) is 11.4 Å². The fourth-order valence-electron chi connectivity index (χ4n) is 1.57. The van der Waals surface area contributed by atoms with Crippen molar-refractivity contribution in [1.29, 1.82) is 0 Å². The van der Waals surface area contributed by atoms with Gasteiger partial charge in [-0.1, -0.05) is 34.6 Å². The Hall–Kier alpha value is -1.18. The van der Waals surface area contributed by atoms with Crippen molar-refractivity contribution in [3.63, 3.8) is 0 Å². The molecule has 0 aliphatic carbocycles. The SMILES string of the molecule is Cc1cc(N)c(NCC(C)(C)C(C)(C)C)cc1C. The maximum Gasteiger partial charge on any atom is 0.0576 e. The first-order valence-electron chi connectivity index (χ1n) is 6.65. The quantitative estimate of drug-likeness (QED) is 0.779. The van der Waals surface area contributed by atoms with Crippen molar-refractivity contribution in [2.75, 3.05) is 17.6 Å². The van der Waals surface area contributed by atoms with Crippen molar-refractivity contribution in [3.8, 4) is 0 Å². The lowest BCUT2D eigenvalue weighted by atomic mass is 9.69. The average Bonchev–Trinajstić information content (AvgIpc) is 2.20. The Morgan fingerprint density at radius 3 is 2.00 bits per heavy atom. The molecule has 0 unspecified atom stereocenters. The fraction of sp³-hybridized carbons (Fsp3) is 0.625. The largest absolute Gasteiger partial charge is 0.397 e. The van der Waals surface area contributed by atoms with Crippen LogP contribution in [-0.4, -0.2) is 6.54 Å². The Morgan fingerprint density at radius 2 is 1.50 bits per heavy atom. The first kappa shape index (κ1) is 14.9. The summed E-state index contributed by atoms with van der Waals surface area (Å²) in [5.74, 6) is 0. The molecule has 0 atom stereocenters. The van der Waals surface area contributed by atoms with Crippen LogP contribution in [-0.2, 0) is 0 Å². The van der Waals surface area contributed by atoms with Crippen LogP contribution in [0, 0.1) is 24.7 Å². The molecule has 0 spiro atoms. The van der Waals surface area contributed by atoms with Gasteiger partial charge in [-0.05, 0) is 47.9 Å². The van der Waals surface area contributed by atoms with Crippen molar-refractivity contribution in [2.24, 2.45) is 10.8 Å². The molecule has 0 saturated heterocycles. The van der Waals surface area contributed by atoms with E-state index in [4.69, 9.17) is 5.73 Å². The highest BCUT2D eigenvalue weighted by molar-refractivity contribution is 5.68. The third-order valence-corrected chi connectivity index (χ3v) is 4.42. The zero-order valence-corrected chi connectivity index (χ0v) is 12.9. The molecule has 0 radical (unpaired) electrons. The summed E-state index contributed by atoms with van der Waals surface area (Å²) in [6.45, 7) is 16.5. The fourth-order valence-corrected chi connectivity index (χ4v) is 1.57. The number of aryl methyl sites for hydroxylation is 2. The van der Waals surface area contributed by atoms with E-state index in [0.717, 1.165) is 17.9 Å². The number of anilines is 2. The number of benzene rings is 1. The molecule has 18 heavy (non-hydrogen) atoms. The number of hydrogen-bond acceptors (Lipinski definition) is 2. The van der Waals surface area contributed by atoms with Gasteiger partial charge in [0, 0.05) is 6.54 Å². The average molecular weight is 248 g/mol. The summed E-state index contributed by atoms with van der Waals surface area (Å²) >= 11 is 0. The minimum absolute atomic E-state index is 0.207. The van der Waals surface area contributed by atoms with Crippen molar-refractivity contribution in [2.45, 2.75) is 48.5 Å². The molecular formula is C16H28N2. The normalized spacial score (nSPS) is 12.6. The Morgan fingerprint density at radius 1 is 1.00 bits per heavy atom. The van der Waals surface area contributed by atoms with Gasteiger partial charge >= 0.3 is 0 Å². The molecule has 2 nitrogen and oxygen atoms in total. The van der Waals surface area contributed by atoms with Crippen molar-refractivity contribution in [1.82, 2.24) is 0 Å². The van der Waals surface area contributed by atoms with E-state index < -0.39 is 0 Å². The van der Waals surface area contributed by atoms with Crippen molar-refractivity contribution < 1.29 is 0 Å². The van der Waals surface area contributed by atoms with Gasteiger partial charge in [0.2, 0.25) is 0 Å². The predicted octanol–water partition coefficient (Wildman–Crippen LogP) is 4.37. The molecule has 0 bridgehead atoms. The zero-order chi connectivity index (χ0) is 14.1. The first-order chi connectivity index (χ1) is 8.04. The lowest BCUT2D eigenvalue weighted by Crippen LogP contribution is -2.36. The summed E-state index contributed by atoms with van der Waals surface area (Å²) < 4.78 is 0. The van der Waals surface area contributed by atoms with E-state index in [1.807, 2.05) is 6.07 Å². The predicted molar refractivity (Wildman–Crippen MR) is 82.1 cm³/mol. The number of nitrogens with two attached hydrogens (primary N) is 1. The number of rotatable bonds is 3. The van der Waals surface area contributed by atoms with Gasteiger partial charge in [0.15, 0.2) is 0 Å². The topological polar surface area (TPSA) is 38.0 Å². The number of nitrogens with one attached hydrogen (secondary N) is 1. The molecule has 3 N–H and O–H groups in total. The minimum Gasteiger partial charge on any atom is -0.397 e. The Bertz CT molecular complexity index is 425. The van der Waals surface area contributed by atoms with Crippen LogP contribution in [0.2, 0.25) is 0 Å². The molecule has 0 amide bonds. The van der Waals surface area contributed by atoms with E-state index in [9.17, 15) is 0 Å². The number of nitrogen functional groups attached to an aromatic ring is 1. The molecule has 2 heteroatoms. The summed E-state index contributed by atoms with van der Waals surface area (Å²) in [5, 5.41) is 3.50. The summed E-state index contributed by atoms with van der Waals surface area (Å²) in [6, 6.07) is 4.19. The maximum absolute atomic E-state index is 6.07. The van der Waals surface area contributed by atoms with E-state index in [2.05, 4.69) is 59.8 Å². The van der Waals surface area contributed by atoms with Gasteiger partial charge in [0.05, 0.1) is 11.4 Å². The second-order valence-electron chi connectivity index (χ2n) is 7.01. The molecule has 0 heterocycles. The smallest absolute Gasteiger partial charge is 0.0576 e. The summed E-state index contributed by atoms with van der Waals surface area (Å²) in [6.07, 6.45) is 0. The van der Waals surface area contributed by atoms with Crippen molar-refractivity contribution in [3.05, 3.63) is 23.3 Å². The summed E-state index contributed by atoms with van der Waals surface area (Å²) in [4.78, 5) is 0. The molecule has 0 aliphatic heterocycles. The van der Waals surface area contributed by atoms with Crippen LogP contribution in [0.1, 0.15) is 45.7 Å². The van der Waals surface area contributed by atoms with Gasteiger partial charge in [0.1, 0.15) is 0 Å². The Labute approximate surface area is 112 Å². The maximum atomic E-state index is 6.07. The van der Waals surface area contributed by atoms with Gasteiger partial charge in [-0.25, -0.2) is 0 Å². The lowest BCUT2D eigenvalue weighted by molar-refractivity contribution is 0.148. The monoisotopic (exact) mass is 248 g/mol. The van der Waals surface area contributed by atoms with Crippen LogP contribution in [0.5, 0.6) is 0 Å². The molecule has 102 valence electrons. The Balaban J connectivity index is 2.85. The van der Waals surface area contributed by atoms with Gasteiger partial charge in [0.25, 0.3) is 0 Å². The van der Waals surface area contributed by atoms with Crippen LogP contribution in [0.15, 0.2) is 12.1 Å². The molecule has 1 rings (SSSR count). The van der Waals surface area contributed by atoms with Gasteiger partial charge < -0.3 is 11.1 Å². The minimum atomic E-state index is 0.207. The first-order valence-corrected chi connectivity index (χ1v) is 6.65. The molecule has 0 aliphatic rings. The van der Waals surface area contributed by atoms with Crippen molar-refractivity contribution >= 4 is 11.4 Å². The third kappa shape index (κ3) is 3.18. The zero-order valence-electron chi connectivity index (χ0n) is 12.9. The molecular weight excluding hydrogens is 220 g/mol. The van der Waals surface area contributed by atoms with E-state index in [1.165, 1.54) is 11.1 Å². The Kier molecular flexibility index (Phi) is 3.99. The third-order valence-electron chi connectivity index (χ3n) is 4.42. The lowest BCUT2D eigenvalue weighted by Gasteiger charge is -2.39. The molecule has 0 aromatic heterocycles. The summed E-state index contributed by atoms with van der Waals surface area (Å²) in [7, 11) is 0. The van der Waals surface area contributed by atoms with Crippen LogP contribution in [0.3, 0.4) is 0 Å². The second-order valence-corrected chi connectivity index (χ2v) is 7.01. The highest BCUT2D eigenvalue weighted by atomic mass is 14.9.